The van der Waals surface area contributed by atoms with Gasteiger partial charge in [0.1, 0.15) is 0 Å². The summed E-state index contributed by atoms with van der Waals surface area (Å²) < 4.78 is 4.54. The van der Waals surface area contributed by atoms with E-state index in [1.165, 1.54) is 0 Å². The molecule has 0 saturated carbocycles. The average molecular weight is 253 g/mol. The Kier molecular flexibility index (Phi) is 4.43. The molecule has 0 spiro atoms. The zero-order chi connectivity index (χ0) is 4.12. The number of terminal acetylenes is 1. The van der Waals surface area contributed by atoms with Crippen LogP contribution in [-0.2, 0) is 24.6 Å². The molecule has 0 saturated heterocycles. The van der Waals surface area contributed by atoms with Crippen LogP contribution < -0.4 is 0 Å². The number of rotatable bonds is 1. The van der Waals surface area contributed by atoms with Crippen LogP contribution in [0.25, 0.3) is 0 Å². The molecule has 0 aromatic rings. The van der Waals surface area contributed by atoms with Crippen LogP contribution in [0.1, 0.15) is 0 Å². The Labute approximate surface area is 44.7 Å². The second-order valence-electron chi connectivity index (χ2n) is 0.697. The summed E-state index contributed by atoms with van der Waals surface area (Å²) in [7, 11) is 0. The summed E-state index contributed by atoms with van der Waals surface area (Å²) >= 11 is -0.850. The molecule has 0 aliphatic carbocycles. The van der Waals surface area contributed by atoms with Crippen LogP contribution in [0.3, 0.4) is 0 Å². The van der Waals surface area contributed by atoms with Crippen molar-refractivity contribution in [2.24, 2.45) is 0 Å². The average Bonchev–Trinajstić information content (AvgIpc) is 1.41. The first-order valence-electron chi connectivity index (χ1n) is 1.46. The zero-order valence-corrected chi connectivity index (χ0v) is 8.57. The van der Waals surface area contributed by atoms with Gasteiger partial charge in [-0.2, -0.15) is 0 Å². The second kappa shape index (κ2) is 4.24. The van der Waals surface area contributed by atoms with E-state index in [4.69, 9.17) is 6.42 Å². The van der Waals surface area contributed by atoms with Gasteiger partial charge in [-0.1, -0.05) is 0 Å². The van der Waals surface area contributed by atoms with Crippen molar-refractivity contribution in [1.29, 1.82) is 0 Å². The third-order valence-electron chi connectivity index (χ3n) is 0.262. The summed E-state index contributed by atoms with van der Waals surface area (Å²) in [6.45, 7) is 3.51. The van der Waals surface area contributed by atoms with Gasteiger partial charge in [-0.05, 0) is 0 Å². The molecule has 0 amide bonds. The van der Waals surface area contributed by atoms with Crippen molar-refractivity contribution in [3.63, 3.8) is 0 Å². The van der Waals surface area contributed by atoms with E-state index in [1.807, 2.05) is 3.58 Å². The molecule has 0 heterocycles. The van der Waals surface area contributed by atoms with E-state index in [2.05, 4.69) is 10.0 Å². The van der Waals surface area contributed by atoms with Crippen LogP contribution in [-0.4, -0.2) is 0 Å². The van der Waals surface area contributed by atoms with Crippen molar-refractivity contribution < 1.29 is 24.6 Å². The first-order valence-corrected chi connectivity index (χ1v) is 7.38. The molecule has 0 atom stereocenters. The van der Waals surface area contributed by atoms with Crippen LogP contribution in [0.4, 0.5) is 0 Å². The molecule has 0 aromatic heterocycles. The van der Waals surface area contributed by atoms with Gasteiger partial charge < -0.3 is 0 Å². The van der Waals surface area contributed by atoms with Gasteiger partial charge in [-0.15, -0.1) is 0 Å². The van der Waals surface area contributed by atoms with Crippen LogP contribution in [0.5, 0.6) is 0 Å². The predicted octanol–water partition coefficient (Wildman–Crippen LogP) is 0.803. The van der Waals surface area contributed by atoms with Crippen molar-refractivity contribution >= 4 is 0 Å². The van der Waals surface area contributed by atoms with Crippen molar-refractivity contribution in [2.75, 3.05) is 0 Å². The van der Waals surface area contributed by atoms with Crippen LogP contribution in [0.2, 0.25) is 0 Å². The summed E-state index contributed by atoms with van der Waals surface area (Å²) in [6.07, 6.45) is 4.92. The Hall–Kier alpha value is 0.235. The molecule has 0 radical (unpaired) electrons. The summed E-state index contributed by atoms with van der Waals surface area (Å²) in [5.41, 5.74) is 0. The minimum atomic E-state index is -0.850. The first-order chi connectivity index (χ1) is 2.41. The minimum absolute atomic E-state index is 0.850. The fourth-order valence-electron chi connectivity index (χ4n) is 0.0833. The Morgan fingerprint density at radius 1 is 2.00 bits per heavy atom. The first kappa shape index (κ1) is 5.24. The van der Waals surface area contributed by atoms with Gasteiger partial charge in [0.2, 0.25) is 0 Å². The molecule has 0 unspecified atom stereocenters. The molecule has 0 aliphatic heterocycles. The molecule has 0 aromatic carbocycles. The van der Waals surface area contributed by atoms with E-state index >= 15 is 0 Å². The van der Waals surface area contributed by atoms with E-state index in [1.54, 1.807) is 0 Å². The van der Waals surface area contributed by atoms with Crippen molar-refractivity contribution in [2.45, 2.75) is 0 Å². The quantitative estimate of drug-likeness (QED) is 0.479. The van der Waals surface area contributed by atoms with Gasteiger partial charge in [-0.3, -0.25) is 0 Å². The summed E-state index contributed by atoms with van der Waals surface area (Å²) in [5.74, 6) is 0. The maximum atomic E-state index is 4.92. The Morgan fingerprint density at radius 2 is 2.60 bits per heavy atom. The van der Waals surface area contributed by atoms with E-state index in [0.717, 1.165) is 0 Å². The standard InChI is InChI=1S/C2H3.C2H.Hg/c2*1-2;/h1H,2H2;1H;. The Balaban J connectivity index is 2.75. The third-order valence-corrected chi connectivity index (χ3v) is 2.30. The molecular formula is C4H4Hg. The molecule has 5 heavy (non-hydrogen) atoms. The Morgan fingerprint density at radius 3 is 2.60 bits per heavy atom. The third kappa shape index (κ3) is 4.24. The van der Waals surface area contributed by atoms with E-state index in [9.17, 15) is 0 Å². The van der Waals surface area contributed by atoms with E-state index in [0.29, 0.717) is 0 Å². The molecule has 0 nitrogen and oxygen atoms in total. The van der Waals surface area contributed by atoms with Gasteiger partial charge in [0.25, 0.3) is 0 Å². The van der Waals surface area contributed by atoms with Crippen LogP contribution >= 0.6 is 0 Å². The van der Waals surface area contributed by atoms with Gasteiger partial charge in [-0.25, -0.2) is 0 Å². The number of hydrogen-bond acceptors (Lipinski definition) is 0. The van der Waals surface area contributed by atoms with Crippen molar-refractivity contribution in [1.82, 2.24) is 0 Å². The monoisotopic (exact) mass is 254 g/mol. The molecule has 0 N–H and O–H groups in total. The topological polar surface area (TPSA) is 0 Å². The number of hydrogen-bond donors (Lipinski definition) is 0. The van der Waals surface area contributed by atoms with Gasteiger partial charge in [0.15, 0.2) is 0 Å². The molecule has 0 rings (SSSR count). The fourth-order valence-corrected chi connectivity index (χ4v) is 0.731. The zero-order valence-electron chi connectivity index (χ0n) is 3.07. The van der Waals surface area contributed by atoms with Gasteiger partial charge >= 0.3 is 44.6 Å². The predicted molar refractivity (Wildman–Crippen MR) is 19.0 cm³/mol. The van der Waals surface area contributed by atoms with Crippen molar-refractivity contribution in [3.05, 3.63) is 10.2 Å². The molecule has 22 valence electrons. The summed E-state index contributed by atoms with van der Waals surface area (Å²) in [5, 5.41) is 0. The SMILES string of the molecule is C#[C][Hg][CH]=C. The summed E-state index contributed by atoms with van der Waals surface area (Å²) in [4.78, 5) is 0. The molecule has 0 aliphatic rings. The second-order valence-corrected chi connectivity index (χ2v) is 6.12. The molecule has 0 fully saturated rings. The maximum absolute atomic E-state index is 4.92. The normalized spacial score (nSPS) is 3.80. The van der Waals surface area contributed by atoms with Crippen LogP contribution in [0, 0.1) is 9.85 Å². The molecule has 0 bridgehead atoms. The van der Waals surface area contributed by atoms with Gasteiger partial charge in [0, 0.05) is 0 Å². The summed E-state index contributed by atoms with van der Waals surface area (Å²) in [6, 6.07) is 0. The molecule has 1 heteroatoms. The van der Waals surface area contributed by atoms with Crippen molar-refractivity contribution in [3.8, 4) is 9.85 Å². The fraction of sp³-hybridized carbons (Fsp3) is 0. The van der Waals surface area contributed by atoms with E-state index < -0.39 is 24.6 Å². The Bertz CT molecular complexity index is 58.5. The van der Waals surface area contributed by atoms with Gasteiger partial charge in [0.05, 0.1) is 0 Å². The molecular weight excluding hydrogens is 249 g/mol. The van der Waals surface area contributed by atoms with E-state index in [-0.39, 0.29) is 0 Å². The van der Waals surface area contributed by atoms with Crippen LogP contribution in [0.15, 0.2) is 10.2 Å².